The lowest BCUT2D eigenvalue weighted by Crippen LogP contribution is -2.40. The number of anilines is 1. The van der Waals surface area contributed by atoms with Crippen LogP contribution in [0.4, 0.5) is 5.95 Å². The first-order valence-electron chi connectivity index (χ1n) is 7.07. The number of aromatic amines is 1. The zero-order valence-corrected chi connectivity index (χ0v) is 12.9. The fourth-order valence-electron chi connectivity index (χ4n) is 2.62. The van der Waals surface area contributed by atoms with Crippen molar-refractivity contribution in [1.29, 1.82) is 0 Å². The molecule has 0 bridgehead atoms. The van der Waals surface area contributed by atoms with Crippen LogP contribution in [-0.2, 0) is 24.2 Å². The van der Waals surface area contributed by atoms with Crippen LogP contribution in [0.5, 0.6) is 5.75 Å². The van der Waals surface area contributed by atoms with E-state index < -0.39 is 0 Å². The van der Waals surface area contributed by atoms with E-state index in [1.165, 1.54) is 6.07 Å². The molecule has 0 saturated carbocycles. The van der Waals surface area contributed by atoms with Crippen LogP contribution in [0, 0.1) is 0 Å². The standard InChI is InChI=1S/C15H15ClN4O3/c16-10-5-8(1-2-12(10)21)6-13(22)20-4-3-9-11(7-20)18-15(17)19-14(9)23/h1-2,5,21H,3-4,6-7H2,(H3,17,18,19,23). The van der Waals surface area contributed by atoms with Gasteiger partial charge in [0.05, 0.1) is 23.7 Å². The smallest absolute Gasteiger partial charge is 0.255 e. The number of halogens is 1. The van der Waals surface area contributed by atoms with Gasteiger partial charge in [-0.25, -0.2) is 4.98 Å². The van der Waals surface area contributed by atoms with E-state index in [0.29, 0.717) is 29.8 Å². The minimum absolute atomic E-state index is 0.0198. The first-order chi connectivity index (χ1) is 10.9. The molecule has 23 heavy (non-hydrogen) atoms. The van der Waals surface area contributed by atoms with Gasteiger partial charge in [0, 0.05) is 12.1 Å². The largest absolute Gasteiger partial charge is 0.506 e. The third-order valence-electron chi connectivity index (χ3n) is 3.81. The fourth-order valence-corrected chi connectivity index (χ4v) is 2.82. The number of aromatic nitrogens is 2. The predicted molar refractivity (Wildman–Crippen MR) is 85.2 cm³/mol. The molecule has 0 saturated heterocycles. The van der Waals surface area contributed by atoms with Crippen molar-refractivity contribution in [3.63, 3.8) is 0 Å². The zero-order chi connectivity index (χ0) is 16.6. The molecule has 0 radical (unpaired) electrons. The number of amides is 1. The van der Waals surface area contributed by atoms with Crippen molar-refractivity contribution in [3.8, 4) is 5.75 Å². The lowest BCUT2D eigenvalue weighted by Gasteiger charge is -2.27. The van der Waals surface area contributed by atoms with E-state index in [0.717, 1.165) is 0 Å². The van der Waals surface area contributed by atoms with Crippen LogP contribution in [0.15, 0.2) is 23.0 Å². The first kappa shape index (κ1) is 15.4. The highest BCUT2D eigenvalue weighted by Gasteiger charge is 2.24. The van der Waals surface area contributed by atoms with Gasteiger partial charge in [-0.15, -0.1) is 0 Å². The number of nitrogens with one attached hydrogen (secondary N) is 1. The van der Waals surface area contributed by atoms with E-state index >= 15 is 0 Å². The van der Waals surface area contributed by atoms with Crippen LogP contribution in [0.25, 0.3) is 0 Å². The van der Waals surface area contributed by atoms with E-state index in [-0.39, 0.29) is 41.2 Å². The molecule has 120 valence electrons. The molecule has 3 rings (SSSR count). The van der Waals surface area contributed by atoms with E-state index in [2.05, 4.69) is 9.97 Å². The molecule has 1 amide bonds. The molecule has 0 fully saturated rings. The second kappa shape index (κ2) is 5.92. The molecule has 8 heteroatoms. The average Bonchev–Trinajstić information content (AvgIpc) is 2.50. The van der Waals surface area contributed by atoms with Crippen molar-refractivity contribution >= 4 is 23.5 Å². The number of phenols is 1. The lowest BCUT2D eigenvalue weighted by molar-refractivity contribution is -0.131. The molecule has 1 aromatic heterocycles. The number of carbonyl (C=O) groups is 1. The Morgan fingerprint density at radius 3 is 3.00 bits per heavy atom. The summed E-state index contributed by atoms with van der Waals surface area (Å²) in [6, 6.07) is 4.67. The van der Waals surface area contributed by atoms with Crippen molar-refractivity contribution in [2.75, 3.05) is 12.3 Å². The van der Waals surface area contributed by atoms with Gasteiger partial charge in [0.2, 0.25) is 11.9 Å². The Kier molecular flexibility index (Phi) is 3.96. The molecule has 7 nitrogen and oxygen atoms in total. The summed E-state index contributed by atoms with van der Waals surface area (Å²) in [5.74, 6) is -0.0694. The fraction of sp³-hybridized carbons (Fsp3) is 0.267. The van der Waals surface area contributed by atoms with Crippen LogP contribution in [0.2, 0.25) is 5.02 Å². The number of hydrogen-bond donors (Lipinski definition) is 3. The van der Waals surface area contributed by atoms with Crippen LogP contribution in [0.1, 0.15) is 16.8 Å². The predicted octanol–water partition coefficient (Wildman–Crippen LogP) is 0.839. The molecule has 1 aliphatic heterocycles. The first-order valence-corrected chi connectivity index (χ1v) is 7.44. The second-order valence-electron chi connectivity index (χ2n) is 5.40. The van der Waals surface area contributed by atoms with Crippen LogP contribution in [0.3, 0.4) is 0 Å². The number of nitrogens with two attached hydrogens (primary N) is 1. The molecule has 1 aromatic carbocycles. The summed E-state index contributed by atoms with van der Waals surface area (Å²) >= 11 is 5.85. The number of nitrogen functional groups attached to an aromatic ring is 1. The van der Waals surface area contributed by atoms with E-state index in [9.17, 15) is 14.7 Å². The Bertz CT molecular complexity index is 834. The van der Waals surface area contributed by atoms with Gasteiger partial charge in [-0.3, -0.25) is 14.6 Å². The molecule has 4 N–H and O–H groups in total. The van der Waals surface area contributed by atoms with Crippen molar-refractivity contribution in [2.45, 2.75) is 19.4 Å². The molecule has 0 aliphatic carbocycles. The van der Waals surface area contributed by atoms with E-state index in [1.54, 1.807) is 17.0 Å². The van der Waals surface area contributed by atoms with Gasteiger partial charge in [0.25, 0.3) is 5.56 Å². The van der Waals surface area contributed by atoms with Crippen molar-refractivity contribution in [1.82, 2.24) is 14.9 Å². The second-order valence-corrected chi connectivity index (χ2v) is 5.81. The van der Waals surface area contributed by atoms with Gasteiger partial charge < -0.3 is 15.7 Å². The van der Waals surface area contributed by atoms with Gasteiger partial charge in [-0.05, 0) is 24.1 Å². The van der Waals surface area contributed by atoms with E-state index in [4.69, 9.17) is 17.3 Å². The highest BCUT2D eigenvalue weighted by molar-refractivity contribution is 6.32. The summed E-state index contributed by atoms with van der Waals surface area (Å²) in [6.07, 6.45) is 0.605. The summed E-state index contributed by atoms with van der Waals surface area (Å²) < 4.78 is 0. The van der Waals surface area contributed by atoms with Crippen molar-refractivity contribution in [3.05, 3.63) is 50.4 Å². The Balaban J connectivity index is 1.76. The Hall–Kier alpha value is -2.54. The SMILES string of the molecule is Nc1nc2c(c(=O)[nH]1)CCN(C(=O)Cc1ccc(O)c(Cl)c1)C2. The number of H-pyrrole nitrogens is 1. The number of carbonyl (C=O) groups excluding carboxylic acids is 1. The number of benzene rings is 1. The number of fused-ring (bicyclic) bond motifs is 1. The molecular weight excluding hydrogens is 320 g/mol. The minimum atomic E-state index is -0.245. The maximum atomic E-state index is 12.4. The van der Waals surface area contributed by atoms with Gasteiger partial charge in [-0.1, -0.05) is 17.7 Å². The zero-order valence-electron chi connectivity index (χ0n) is 12.2. The topological polar surface area (TPSA) is 112 Å². The lowest BCUT2D eigenvalue weighted by atomic mass is 10.1. The minimum Gasteiger partial charge on any atom is -0.506 e. The Morgan fingerprint density at radius 1 is 1.48 bits per heavy atom. The quantitative estimate of drug-likeness (QED) is 0.753. The van der Waals surface area contributed by atoms with Gasteiger partial charge >= 0.3 is 0 Å². The monoisotopic (exact) mass is 334 g/mol. The summed E-state index contributed by atoms with van der Waals surface area (Å²) in [7, 11) is 0. The number of rotatable bonds is 2. The molecule has 2 heterocycles. The van der Waals surface area contributed by atoms with Crippen LogP contribution < -0.4 is 11.3 Å². The van der Waals surface area contributed by atoms with Crippen molar-refractivity contribution < 1.29 is 9.90 Å². The van der Waals surface area contributed by atoms with Gasteiger partial charge in [0.1, 0.15) is 5.75 Å². The maximum absolute atomic E-state index is 12.4. The number of nitrogens with zero attached hydrogens (tertiary/aromatic N) is 2. The van der Waals surface area contributed by atoms with Gasteiger partial charge in [-0.2, -0.15) is 0 Å². The summed E-state index contributed by atoms with van der Waals surface area (Å²) in [5.41, 5.74) is 7.13. The number of phenolic OH excluding ortho intramolecular Hbond substituents is 1. The molecule has 0 unspecified atom stereocenters. The van der Waals surface area contributed by atoms with E-state index in [1.807, 2.05) is 0 Å². The summed E-state index contributed by atoms with van der Waals surface area (Å²) in [6.45, 7) is 0.709. The molecule has 0 spiro atoms. The van der Waals surface area contributed by atoms with Crippen molar-refractivity contribution in [2.24, 2.45) is 0 Å². The highest BCUT2D eigenvalue weighted by atomic mass is 35.5. The van der Waals surface area contributed by atoms with Crippen LogP contribution >= 0.6 is 11.6 Å². The molecule has 1 aliphatic rings. The maximum Gasteiger partial charge on any atom is 0.255 e. The van der Waals surface area contributed by atoms with Gasteiger partial charge in [0.15, 0.2) is 0 Å². The highest BCUT2D eigenvalue weighted by Crippen LogP contribution is 2.24. The Labute approximate surface area is 136 Å². The third kappa shape index (κ3) is 3.14. The molecule has 2 aromatic rings. The number of hydrogen-bond acceptors (Lipinski definition) is 5. The average molecular weight is 335 g/mol. The summed E-state index contributed by atoms with van der Waals surface area (Å²) in [4.78, 5) is 32.4. The third-order valence-corrected chi connectivity index (χ3v) is 4.11. The molecular formula is C15H15ClN4O3. The summed E-state index contributed by atoms with van der Waals surface area (Å²) in [5, 5.41) is 9.62. The number of aromatic hydroxyl groups is 1. The van der Waals surface area contributed by atoms with Crippen LogP contribution in [-0.4, -0.2) is 32.4 Å². The normalized spacial score (nSPS) is 13.7. The molecule has 0 atom stereocenters. The Morgan fingerprint density at radius 2 is 2.26 bits per heavy atom.